The number of carbonyl (C=O) groups is 2. The van der Waals surface area contributed by atoms with Crippen LogP contribution in [0.1, 0.15) is 28.8 Å². The number of halogens is 3. The van der Waals surface area contributed by atoms with Gasteiger partial charge >= 0.3 is 6.18 Å². The summed E-state index contributed by atoms with van der Waals surface area (Å²) in [5, 5.41) is 2.22. The van der Waals surface area contributed by atoms with Gasteiger partial charge in [-0.1, -0.05) is 18.2 Å². The van der Waals surface area contributed by atoms with Gasteiger partial charge in [-0.25, -0.2) is 0 Å². The minimum absolute atomic E-state index is 0.179. The third-order valence-electron chi connectivity index (χ3n) is 2.79. The van der Waals surface area contributed by atoms with Gasteiger partial charge in [0.25, 0.3) is 5.91 Å². The van der Waals surface area contributed by atoms with Crippen LogP contribution in [0.15, 0.2) is 36.9 Å². The summed E-state index contributed by atoms with van der Waals surface area (Å²) >= 11 is 0. The van der Waals surface area contributed by atoms with E-state index in [0.29, 0.717) is 6.42 Å². The van der Waals surface area contributed by atoms with Crippen LogP contribution < -0.4 is 11.1 Å². The molecule has 4 nitrogen and oxygen atoms in total. The fraction of sp³-hybridized carbons (Fsp3) is 0.286. The molecule has 2 amide bonds. The van der Waals surface area contributed by atoms with Crippen LogP contribution in [0.25, 0.3) is 0 Å². The number of amides is 2. The van der Waals surface area contributed by atoms with Crippen LogP contribution >= 0.6 is 0 Å². The number of carbonyl (C=O) groups excluding carboxylic acids is 2. The lowest BCUT2D eigenvalue weighted by Gasteiger charge is -2.17. The summed E-state index contributed by atoms with van der Waals surface area (Å²) in [6, 6.07) is 3.30. The Labute approximate surface area is 119 Å². The summed E-state index contributed by atoms with van der Waals surface area (Å²) < 4.78 is 38.5. The Hall–Kier alpha value is -2.31. The quantitative estimate of drug-likeness (QED) is 0.791. The van der Waals surface area contributed by atoms with E-state index in [-0.39, 0.29) is 6.42 Å². The molecule has 7 heteroatoms. The van der Waals surface area contributed by atoms with E-state index >= 15 is 0 Å². The SMILES string of the molecule is C=CCC[C@@H](NC(=O)c1ccccc1C(F)(F)F)C(N)=O. The minimum Gasteiger partial charge on any atom is -0.368 e. The van der Waals surface area contributed by atoms with E-state index in [0.717, 1.165) is 12.1 Å². The van der Waals surface area contributed by atoms with Crippen molar-refractivity contribution in [1.29, 1.82) is 0 Å². The van der Waals surface area contributed by atoms with E-state index < -0.39 is 35.2 Å². The number of nitrogens with two attached hydrogens (primary N) is 1. The highest BCUT2D eigenvalue weighted by atomic mass is 19.4. The van der Waals surface area contributed by atoms with Gasteiger partial charge in [0, 0.05) is 0 Å². The predicted octanol–water partition coefficient (Wildman–Crippen LogP) is 2.26. The monoisotopic (exact) mass is 300 g/mol. The summed E-state index contributed by atoms with van der Waals surface area (Å²) in [5.41, 5.74) is 3.51. The molecule has 1 aromatic carbocycles. The van der Waals surface area contributed by atoms with E-state index in [4.69, 9.17) is 5.73 Å². The average Bonchev–Trinajstić information content (AvgIpc) is 2.42. The summed E-state index contributed by atoms with van der Waals surface area (Å²) in [5.74, 6) is -1.80. The second-order valence-electron chi connectivity index (χ2n) is 4.34. The highest BCUT2D eigenvalue weighted by Gasteiger charge is 2.35. The van der Waals surface area contributed by atoms with E-state index in [2.05, 4.69) is 11.9 Å². The topological polar surface area (TPSA) is 72.2 Å². The fourth-order valence-electron chi connectivity index (χ4n) is 1.73. The van der Waals surface area contributed by atoms with Gasteiger partial charge in [-0.2, -0.15) is 13.2 Å². The van der Waals surface area contributed by atoms with Crippen molar-refractivity contribution in [3.63, 3.8) is 0 Å². The van der Waals surface area contributed by atoms with Crippen LogP contribution in [-0.2, 0) is 11.0 Å². The molecule has 3 N–H and O–H groups in total. The van der Waals surface area contributed by atoms with Gasteiger partial charge in [0.1, 0.15) is 6.04 Å². The van der Waals surface area contributed by atoms with Crippen LogP contribution in [0, 0.1) is 0 Å². The molecular weight excluding hydrogens is 285 g/mol. The Morgan fingerprint density at radius 3 is 2.48 bits per heavy atom. The minimum atomic E-state index is -4.66. The molecular formula is C14H15F3N2O2. The molecule has 1 atom stereocenters. The maximum absolute atomic E-state index is 12.8. The highest BCUT2D eigenvalue weighted by molar-refractivity contribution is 5.98. The Bertz CT molecular complexity index is 541. The lowest BCUT2D eigenvalue weighted by molar-refractivity contribution is -0.137. The van der Waals surface area contributed by atoms with Gasteiger partial charge in [0.05, 0.1) is 11.1 Å². The van der Waals surface area contributed by atoms with Crippen LogP contribution in [0.4, 0.5) is 13.2 Å². The van der Waals surface area contributed by atoms with Gasteiger partial charge in [-0.05, 0) is 25.0 Å². The first kappa shape index (κ1) is 16.7. The number of hydrogen-bond donors (Lipinski definition) is 2. The molecule has 0 bridgehead atoms. The maximum Gasteiger partial charge on any atom is 0.417 e. The molecule has 0 heterocycles. The molecule has 21 heavy (non-hydrogen) atoms. The van der Waals surface area contributed by atoms with Crippen LogP contribution in [0.3, 0.4) is 0 Å². The first-order chi connectivity index (χ1) is 9.77. The first-order valence-electron chi connectivity index (χ1n) is 6.14. The van der Waals surface area contributed by atoms with Crippen molar-refractivity contribution in [3.8, 4) is 0 Å². The van der Waals surface area contributed by atoms with E-state index in [1.54, 1.807) is 0 Å². The molecule has 0 aliphatic carbocycles. The molecule has 0 saturated heterocycles. The Morgan fingerprint density at radius 2 is 1.95 bits per heavy atom. The molecule has 0 spiro atoms. The molecule has 0 unspecified atom stereocenters. The number of hydrogen-bond acceptors (Lipinski definition) is 2. The average molecular weight is 300 g/mol. The van der Waals surface area contributed by atoms with Gasteiger partial charge < -0.3 is 11.1 Å². The molecule has 1 rings (SSSR count). The van der Waals surface area contributed by atoms with Crippen LogP contribution in [0.2, 0.25) is 0 Å². The Balaban J connectivity index is 2.98. The summed E-state index contributed by atoms with van der Waals surface area (Å²) in [6.45, 7) is 3.46. The number of alkyl halides is 3. The largest absolute Gasteiger partial charge is 0.417 e. The molecule has 1 aromatic rings. The van der Waals surface area contributed by atoms with Crippen molar-refractivity contribution in [2.75, 3.05) is 0 Å². The molecule has 0 radical (unpaired) electrons. The second-order valence-corrected chi connectivity index (χ2v) is 4.34. The number of primary amides is 1. The van der Waals surface area contributed by atoms with Crippen molar-refractivity contribution in [2.45, 2.75) is 25.1 Å². The fourth-order valence-corrected chi connectivity index (χ4v) is 1.73. The number of rotatable bonds is 6. The van der Waals surface area contributed by atoms with E-state index in [9.17, 15) is 22.8 Å². The van der Waals surface area contributed by atoms with Gasteiger partial charge in [0.15, 0.2) is 0 Å². The number of benzene rings is 1. The second kappa shape index (κ2) is 6.92. The van der Waals surface area contributed by atoms with Crippen LogP contribution in [0.5, 0.6) is 0 Å². The summed E-state index contributed by atoms with van der Waals surface area (Å²) in [6.07, 6.45) is -2.56. The van der Waals surface area contributed by atoms with Crippen molar-refractivity contribution >= 4 is 11.8 Å². The van der Waals surface area contributed by atoms with Crippen molar-refractivity contribution in [1.82, 2.24) is 5.32 Å². The molecule has 114 valence electrons. The van der Waals surface area contributed by atoms with Crippen molar-refractivity contribution in [3.05, 3.63) is 48.0 Å². The molecule has 0 aromatic heterocycles. The normalized spacial score (nSPS) is 12.5. The maximum atomic E-state index is 12.8. The molecule has 0 saturated carbocycles. The summed E-state index contributed by atoms with van der Waals surface area (Å²) in [7, 11) is 0. The lowest BCUT2D eigenvalue weighted by Crippen LogP contribution is -2.44. The zero-order chi connectivity index (χ0) is 16.0. The first-order valence-corrected chi connectivity index (χ1v) is 6.14. The zero-order valence-electron chi connectivity index (χ0n) is 11.1. The lowest BCUT2D eigenvalue weighted by atomic mass is 10.0. The number of allylic oxidation sites excluding steroid dienone is 1. The van der Waals surface area contributed by atoms with Crippen molar-refractivity contribution in [2.24, 2.45) is 5.73 Å². The van der Waals surface area contributed by atoms with Crippen LogP contribution in [-0.4, -0.2) is 17.9 Å². The third kappa shape index (κ3) is 4.62. The smallest absolute Gasteiger partial charge is 0.368 e. The van der Waals surface area contributed by atoms with Gasteiger partial charge in [-0.15, -0.1) is 6.58 Å². The Morgan fingerprint density at radius 1 is 1.33 bits per heavy atom. The number of nitrogens with one attached hydrogen (secondary N) is 1. The molecule has 0 aliphatic heterocycles. The summed E-state index contributed by atoms with van der Waals surface area (Å²) in [4.78, 5) is 23.2. The Kier molecular flexibility index (Phi) is 5.52. The zero-order valence-corrected chi connectivity index (χ0v) is 11.1. The van der Waals surface area contributed by atoms with Gasteiger partial charge in [-0.3, -0.25) is 9.59 Å². The molecule has 0 aliphatic rings. The van der Waals surface area contributed by atoms with E-state index in [1.165, 1.54) is 18.2 Å². The standard InChI is InChI=1S/C14H15F3N2O2/c1-2-3-8-11(12(18)20)19-13(21)9-6-4-5-7-10(9)14(15,16)17/h2,4-7,11H,1,3,8H2,(H2,18,20)(H,19,21)/t11-/m1/s1. The van der Waals surface area contributed by atoms with Gasteiger partial charge in [0.2, 0.25) is 5.91 Å². The third-order valence-corrected chi connectivity index (χ3v) is 2.79. The predicted molar refractivity (Wildman–Crippen MR) is 71.3 cm³/mol. The molecule has 0 fully saturated rings. The van der Waals surface area contributed by atoms with Crippen molar-refractivity contribution < 1.29 is 22.8 Å². The highest BCUT2D eigenvalue weighted by Crippen LogP contribution is 2.31. The van der Waals surface area contributed by atoms with E-state index in [1.807, 2.05) is 0 Å².